The van der Waals surface area contributed by atoms with Crippen LogP contribution in [0.4, 0.5) is 4.39 Å². The standard InChI is InChI=1S/C10H19FN2/c11-4-7-13-6-1-5-12-10(8-13)9-2-3-9/h9-10,12H,1-8H2. The highest BCUT2D eigenvalue weighted by molar-refractivity contribution is 4.89. The zero-order valence-electron chi connectivity index (χ0n) is 8.14. The third-order valence-electron chi connectivity index (χ3n) is 3.10. The molecule has 2 rings (SSSR count). The molecule has 76 valence electrons. The summed E-state index contributed by atoms with van der Waals surface area (Å²) in [6.45, 7) is 3.68. The van der Waals surface area contributed by atoms with Crippen molar-refractivity contribution < 1.29 is 4.39 Å². The van der Waals surface area contributed by atoms with Gasteiger partial charge in [-0.15, -0.1) is 0 Å². The average molecular weight is 186 g/mol. The fraction of sp³-hybridized carbons (Fsp3) is 1.00. The lowest BCUT2D eigenvalue weighted by Crippen LogP contribution is -2.39. The molecule has 1 unspecified atom stereocenters. The highest BCUT2D eigenvalue weighted by Crippen LogP contribution is 2.33. The van der Waals surface area contributed by atoms with E-state index in [-0.39, 0.29) is 6.67 Å². The largest absolute Gasteiger partial charge is 0.312 e. The van der Waals surface area contributed by atoms with E-state index in [9.17, 15) is 4.39 Å². The van der Waals surface area contributed by atoms with E-state index >= 15 is 0 Å². The maximum atomic E-state index is 12.2. The van der Waals surface area contributed by atoms with Gasteiger partial charge in [-0.1, -0.05) is 0 Å². The molecule has 3 heteroatoms. The van der Waals surface area contributed by atoms with Crippen molar-refractivity contribution in [3.8, 4) is 0 Å². The molecule has 1 aliphatic carbocycles. The monoisotopic (exact) mass is 186 g/mol. The van der Waals surface area contributed by atoms with Gasteiger partial charge in [0.15, 0.2) is 0 Å². The second-order valence-corrected chi connectivity index (χ2v) is 4.24. The quantitative estimate of drug-likeness (QED) is 0.708. The average Bonchev–Trinajstić information content (AvgIpc) is 2.90. The molecule has 0 radical (unpaired) electrons. The van der Waals surface area contributed by atoms with Crippen LogP contribution < -0.4 is 5.32 Å². The molecule has 2 aliphatic rings. The number of rotatable bonds is 3. The van der Waals surface area contributed by atoms with Gasteiger partial charge in [0.2, 0.25) is 0 Å². The highest BCUT2D eigenvalue weighted by atomic mass is 19.1. The SMILES string of the molecule is FCCN1CCCNC(C2CC2)C1. The maximum absolute atomic E-state index is 12.2. The number of alkyl halides is 1. The second-order valence-electron chi connectivity index (χ2n) is 4.24. The molecule has 1 saturated carbocycles. The van der Waals surface area contributed by atoms with Crippen molar-refractivity contribution in [3.63, 3.8) is 0 Å². The van der Waals surface area contributed by atoms with Crippen molar-refractivity contribution in [1.29, 1.82) is 0 Å². The fourth-order valence-electron chi connectivity index (χ4n) is 2.16. The van der Waals surface area contributed by atoms with Crippen LogP contribution in [-0.4, -0.2) is 43.8 Å². The molecule has 1 saturated heterocycles. The summed E-state index contributed by atoms with van der Waals surface area (Å²) >= 11 is 0. The second kappa shape index (κ2) is 4.38. The minimum atomic E-state index is -0.197. The lowest BCUT2D eigenvalue weighted by molar-refractivity contribution is 0.236. The highest BCUT2D eigenvalue weighted by Gasteiger charge is 2.32. The van der Waals surface area contributed by atoms with Crippen LogP contribution in [0, 0.1) is 5.92 Å². The molecule has 1 atom stereocenters. The van der Waals surface area contributed by atoms with Crippen molar-refractivity contribution in [2.45, 2.75) is 25.3 Å². The van der Waals surface area contributed by atoms with Crippen LogP contribution in [0.15, 0.2) is 0 Å². The van der Waals surface area contributed by atoms with Gasteiger partial charge in [-0.3, -0.25) is 4.90 Å². The van der Waals surface area contributed by atoms with Crippen molar-refractivity contribution in [1.82, 2.24) is 10.2 Å². The summed E-state index contributed by atoms with van der Waals surface area (Å²) < 4.78 is 12.2. The van der Waals surface area contributed by atoms with Gasteiger partial charge in [0, 0.05) is 19.1 Å². The minimum absolute atomic E-state index is 0.197. The summed E-state index contributed by atoms with van der Waals surface area (Å²) in [5, 5.41) is 3.57. The van der Waals surface area contributed by atoms with E-state index in [4.69, 9.17) is 0 Å². The lowest BCUT2D eigenvalue weighted by Gasteiger charge is -2.22. The molecular formula is C10H19FN2. The van der Waals surface area contributed by atoms with Crippen LogP contribution >= 0.6 is 0 Å². The van der Waals surface area contributed by atoms with Gasteiger partial charge in [0.25, 0.3) is 0 Å². The molecule has 0 aromatic heterocycles. The molecule has 13 heavy (non-hydrogen) atoms. The Morgan fingerprint density at radius 3 is 2.92 bits per heavy atom. The molecule has 1 aliphatic heterocycles. The summed E-state index contributed by atoms with van der Waals surface area (Å²) in [7, 11) is 0. The van der Waals surface area contributed by atoms with Gasteiger partial charge in [-0.25, -0.2) is 4.39 Å². The molecule has 1 heterocycles. The predicted octanol–water partition coefficient (Wildman–Crippen LogP) is 1.03. The van der Waals surface area contributed by atoms with E-state index in [1.165, 1.54) is 19.3 Å². The Morgan fingerprint density at radius 2 is 2.23 bits per heavy atom. The van der Waals surface area contributed by atoms with Crippen LogP contribution in [0.3, 0.4) is 0 Å². The summed E-state index contributed by atoms with van der Waals surface area (Å²) in [6.07, 6.45) is 3.92. The summed E-state index contributed by atoms with van der Waals surface area (Å²) in [5.74, 6) is 0.889. The van der Waals surface area contributed by atoms with E-state index in [1.807, 2.05) is 0 Å². The van der Waals surface area contributed by atoms with E-state index < -0.39 is 0 Å². The molecular weight excluding hydrogens is 167 g/mol. The van der Waals surface area contributed by atoms with Crippen LogP contribution in [0.25, 0.3) is 0 Å². The van der Waals surface area contributed by atoms with Gasteiger partial charge in [-0.05, 0) is 38.3 Å². The third-order valence-corrected chi connectivity index (χ3v) is 3.10. The van der Waals surface area contributed by atoms with Crippen molar-refractivity contribution >= 4 is 0 Å². The first-order chi connectivity index (χ1) is 6.40. The Hall–Kier alpha value is -0.150. The topological polar surface area (TPSA) is 15.3 Å². The lowest BCUT2D eigenvalue weighted by atomic mass is 10.2. The van der Waals surface area contributed by atoms with Crippen LogP contribution in [0.1, 0.15) is 19.3 Å². The molecule has 2 nitrogen and oxygen atoms in total. The summed E-state index contributed by atoms with van der Waals surface area (Å²) in [5.41, 5.74) is 0. The summed E-state index contributed by atoms with van der Waals surface area (Å²) in [6, 6.07) is 0.647. The Bertz CT molecular complexity index is 159. The van der Waals surface area contributed by atoms with Crippen molar-refractivity contribution in [2.75, 3.05) is 32.9 Å². The molecule has 0 spiro atoms. The van der Waals surface area contributed by atoms with Crippen LogP contribution in [0.5, 0.6) is 0 Å². The Morgan fingerprint density at radius 1 is 1.38 bits per heavy atom. The van der Waals surface area contributed by atoms with E-state index in [2.05, 4.69) is 10.2 Å². The van der Waals surface area contributed by atoms with E-state index in [1.54, 1.807) is 0 Å². The van der Waals surface area contributed by atoms with Crippen molar-refractivity contribution in [2.24, 2.45) is 5.92 Å². The minimum Gasteiger partial charge on any atom is -0.312 e. The first kappa shape index (κ1) is 9.41. The Labute approximate surface area is 79.5 Å². The molecule has 0 aromatic rings. The van der Waals surface area contributed by atoms with Gasteiger partial charge in [0.05, 0.1) is 0 Å². The molecule has 0 aromatic carbocycles. The van der Waals surface area contributed by atoms with Gasteiger partial charge >= 0.3 is 0 Å². The zero-order valence-corrected chi connectivity index (χ0v) is 8.14. The fourth-order valence-corrected chi connectivity index (χ4v) is 2.16. The Kier molecular flexibility index (Phi) is 3.17. The number of nitrogens with zero attached hydrogens (tertiary/aromatic N) is 1. The third kappa shape index (κ3) is 2.64. The molecule has 1 N–H and O–H groups in total. The van der Waals surface area contributed by atoms with Gasteiger partial charge in [-0.2, -0.15) is 0 Å². The number of hydrogen-bond acceptors (Lipinski definition) is 2. The van der Waals surface area contributed by atoms with Gasteiger partial charge < -0.3 is 5.32 Å². The Balaban J connectivity index is 1.82. The maximum Gasteiger partial charge on any atom is 0.102 e. The van der Waals surface area contributed by atoms with Gasteiger partial charge in [0.1, 0.15) is 6.67 Å². The number of halogens is 1. The van der Waals surface area contributed by atoms with E-state index in [0.717, 1.165) is 25.6 Å². The first-order valence-corrected chi connectivity index (χ1v) is 5.42. The zero-order chi connectivity index (χ0) is 9.10. The smallest absolute Gasteiger partial charge is 0.102 e. The van der Waals surface area contributed by atoms with Crippen molar-refractivity contribution in [3.05, 3.63) is 0 Å². The molecule has 0 bridgehead atoms. The van der Waals surface area contributed by atoms with Crippen LogP contribution in [-0.2, 0) is 0 Å². The predicted molar refractivity (Wildman–Crippen MR) is 51.5 cm³/mol. The van der Waals surface area contributed by atoms with Crippen LogP contribution in [0.2, 0.25) is 0 Å². The molecule has 2 fully saturated rings. The number of hydrogen-bond donors (Lipinski definition) is 1. The number of nitrogens with one attached hydrogen (secondary N) is 1. The van der Waals surface area contributed by atoms with E-state index in [0.29, 0.717) is 12.6 Å². The first-order valence-electron chi connectivity index (χ1n) is 5.42. The summed E-state index contributed by atoms with van der Waals surface area (Å²) in [4.78, 5) is 2.27. The normalized spacial score (nSPS) is 31.6. The molecule has 0 amide bonds.